The highest BCUT2D eigenvalue weighted by Crippen LogP contribution is 2.31. The van der Waals surface area contributed by atoms with Gasteiger partial charge in [-0.1, -0.05) is 59.6 Å². The Bertz CT molecular complexity index is 826. The minimum Gasteiger partial charge on any atom is -0.426 e. The quantitative estimate of drug-likeness (QED) is 0.481. The van der Waals surface area contributed by atoms with Gasteiger partial charge in [0.2, 0.25) is 0 Å². The Morgan fingerprint density at radius 1 is 0.864 bits per heavy atom. The van der Waals surface area contributed by atoms with Crippen molar-refractivity contribution >= 4 is 39.9 Å². The maximum absolute atomic E-state index is 12.1. The predicted molar refractivity (Wildman–Crippen MR) is 89.7 cm³/mol. The predicted octanol–water partition coefficient (Wildman–Crippen LogP) is 5.29. The van der Waals surface area contributed by atoms with Crippen LogP contribution in [-0.2, 0) is 11.2 Å². The summed E-state index contributed by atoms with van der Waals surface area (Å²) in [7, 11) is 0. The van der Waals surface area contributed by atoms with Crippen molar-refractivity contribution in [3.8, 4) is 5.75 Å². The highest BCUT2D eigenvalue weighted by Gasteiger charge is 2.10. The topological polar surface area (TPSA) is 26.3 Å². The van der Waals surface area contributed by atoms with E-state index in [1.54, 1.807) is 24.3 Å². The maximum Gasteiger partial charge on any atom is 0.315 e. The molecule has 0 aromatic heterocycles. The van der Waals surface area contributed by atoms with Crippen molar-refractivity contribution in [2.45, 2.75) is 6.42 Å². The van der Waals surface area contributed by atoms with Gasteiger partial charge in [-0.25, -0.2) is 0 Å². The van der Waals surface area contributed by atoms with Gasteiger partial charge < -0.3 is 4.74 Å². The Kier molecular flexibility index (Phi) is 4.32. The van der Waals surface area contributed by atoms with Crippen LogP contribution in [-0.4, -0.2) is 5.97 Å². The molecule has 22 heavy (non-hydrogen) atoms. The van der Waals surface area contributed by atoms with Gasteiger partial charge in [0.15, 0.2) is 0 Å². The molecule has 0 unspecified atom stereocenters. The van der Waals surface area contributed by atoms with Crippen LogP contribution in [0.3, 0.4) is 0 Å². The molecule has 0 atom stereocenters. The first kappa shape index (κ1) is 14.9. The number of fused-ring (bicyclic) bond motifs is 1. The number of halogens is 2. The van der Waals surface area contributed by atoms with Gasteiger partial charge in [-0.15, -0.1) is 0 Å². The fourth-order valence-electron chi connectivity index (χ4n) is 2.25. The molecule has 0 radical (unpaired) electrons. The van der Waals surface area contributed by atoms with Gasteiger partial charge in [0.1, 0.15) is 5.75 Å². The van der Waals surface area contributed by atoms with Crippen molar-refractivity contribution in [2.24, 2.45) is 0 Å². The summed E-state index contributed by atoms with van der Waals surface area (Å²) in [5.41, 5.74) is 0.854. The zero-order valence-electron chi connectivity index (χ0n) is 11.6. The highest BCUT2D eigenvalue weighted by molar-refractivity contribution is 6.35. The molecular formula is C18H12Cl2O2. The van der Waals surface area contributed by atoms with Gasteiger partial charge >= 0.3 is 5.97 Å². The Labute approximate surface area is 138 Å². The molecular weight excluding hydrogens is 319 g/mol. The molecule has 0 bridgehead atoms. The zero-order chi connectivity index (χ0) is 15.5. The standard InChI is InChI=1S/C18H12Cl2O2/c19-13-7-5-12(6-8-13)11-18(21)22-17-10-9-16(20)14-3-1-2-4-15(14)17/h1-10H,11H2. The van der Waals surface area contributed by atoms with Gasteiger partial charge in [0.25, 0.3) is 0 Å². The molecule has 0 heterocycles. The SMILES string of the molecule is O=C(Cc1ccc(Cl)cc1)Oc1ccc(Cl)c2ccccc12. The zero-order valence-corrected chi connectivity index (χ0v) is 13.1. The van der Waals surface area contributed by atoms with E-state index in [1.165, 1.54) is 0 Å². The average Bonchev–Trinajstić information content (AvgIpc) is 2.53. The molecule has 0 fully saturated rings. The van der Waals surface area contributed by atoms with E-state index in [0.717, 1.165) is 16.3 Å². The molecule has 0 saturated heterocycles. The first-order chi connectivity index (χ1) is 10.6. The fourth-order valence-corrected chi connectivity index (χ4v) is 2.61. The van der Waals surface area contributed by atoms with E-state index in [0.29, 0.717) is 15.8 Å². The van der Waals surface area contributed by atoms with E-state index < -0.39 is 0 Å². The number of benzene rings is 3. The van der Waals surface area contributed by atoms with Crippen molar-refractivity contribution < 1.29 is 9.53 Å². The molecule has 0 aliphatic rings. The minimum atomic E-state index is -0.324. The largest absolute Gasteiger partial charge is 0.426 e. The van der Waals surface area contributed by atoms with Gasteiger partial charge in [-0.05, 0) is 29.8 Å². The molecule has 2 nitrogen and oxygen atoms in total. The number of esters is 1. The third-order valence-electron chi connectivity index (χ3n) is 3.32. The van der Waals surface area contributed by atoms with Crippen LogP contribution in [0.25, 0.3) is 10.8 Å². The van der Waals surface area contributed by atoms with Crippen LogP contribution in [0.15, 0.2) is 60.7 Å². The molecule has 0 N–H and O–H groups in total. The molecule has 0 aliphatic heterocycles. The second-order valence-electron chi connectivity index (χ2n) is 4.87. The lowest BCUT2D eigenvalue weighted by Crippen LogP contribution is -2.11. The van der Waals surface area contributed by atoms with Crippen LogP contribution in [0.1, 0.15) is 5.56 Å². The van der Waals surface area contributed by atoms with Crippen LogP contribution in [0, 0.1) is 0 Å². The van der Waals surface area contributed by atoms with E-state index >= 15 is 0 Å². The lowest BCUT2D eigenvalue weighted by molar-refractivity contribution is -0.133. The van der Waals surface area contributed by atoms with Crippen molar-refractivity contribution in [1.29, 1.82) is 0 Å². The summed E-state index contributed by atoms with van der Waals surface area (Å²) < 4.78 is 5.49. The summed E-state index contributed by atoms with van der Waals surface area (Å²) in [5, 5.41) is 2.95. The second kappa shape index (κ2) is 6.39. The van der Waals surface area contributed by atoms with Gasteiger partial charge in [-0.3, -0.25) is 4.79 Å². The van der Waals surface area contributed by atoms with E-state index in [2.05, 4.69) is 0 Å². The monoisotopic (exact) mass is 330 g/mol. The summed E-state index contributed by atoms with van der Waals surface area (Å²) in [6.45, 7) is 0. The van der Waals surface area contributed by atoms with Crippen molar-refractivity contribution in [1.82, 2.24) is 0 Å². The normalized spacial score (nSPS) is 10.6. The van der Waals surface area contributed by atoms with Crippen LogP contribution in [0.4, 0.5) is 0 Å². The summed E-state index contributed by atoms with van der Waals surface area (Å²) in [5.74, 6) is 0.189. The van der Waals surface area contributed by atoms with E-state index in [-0.39, 0.29) is 12.4 Å². The van der Waals surface area contributed by atoms with Crippen molar-refractivity contribution in [3.63, 3.8) is 0 Å². The maximum atomic E-state index is 12.1. The minimum absolute atomic E-state index is 0.189. The Morgan fingerprint density at radius 2 is 1.55 bits per heavy atom. The summed E-state index contributed by atoms with van der Waals surface area (Å²) in [6.07, 6.45) is 0.189. The number of ether oxygens (including phenoxy) is 1. The molecule has 3 aromatic carbocycles. The van der Waals surface area contributed by atoms with E-state index in [9.17, 15) is 4.79 Å². The molecule has 0 amide bonds. The first-order valence-corrected chi connectivity index (χ1v) is 7.51. The third-order valence-corrected chi connectivity index (χ3v) is 3.90. The Balaban J connectivity index is 1.82. The second-order valence-corrected chi connectivity index (χ2v) is 5.71. The molecule has 0 saturated carbocycles. The smallest absolute Gasteiger partial charge is 0.315 e. The third kappa shape index (κ3) is 3.24. The fraction of sp³-hybridized carbons (Fsp3) is 0.0556. The lowest BCUT2D eigenvalue weighted by Gasteiger charge is -2.09. The summed E-state index contributed by atoms with van der Waals surface area (Å²) in [6, 6.07) is 18.1. The van der Waals surface area contributed by atoms with Gasteiger partial charge in [-0.2, -0.15) is 0 Å². The number of hydrogen-bond donors (Lipinski definition) is 0. The molecule has 110 valence electrons. The Morgan fingerprint density at radius 3 is 2.27 bits per heavy atom. The lowest BCUT2D eigenvalue weighted by atomic mass is 10.1. The molecule has 4 heteroatoms. The van der Waals surface area contributed by atoms with E-state index in [1.807, 2.05) is 36.4 Å². The Hall–Kier alpha value is -2.03. The molecule has 3 rings (SSSR count). The van der Waals surface area contributed by atoms with Gasteiger partial charge in [0, 0.05) is 20.8 Å². The highest BCUT2D eigenvalue weighted by atomic mass is 35.5. The van der Waals surface area contributed by atoms with Gasteiger partial charge in [0.05, 0.1) is 6.42 Å². The summed E-state index contributed by atoms with van der Waals surface area (Å²) in [4.78, 5) is 12.1. The van der Waals surface area contributed by atoms with Crippen LogP contribution >= 0.6 is 23.2 Å². The molecule has 3 aromatic rings. The van der Waals surface area contributed by atoms with Crippen LogP contribution in [0.5, 0.6) is 5.75 Å². The molecule has 0 spiro atoms. The number of hydrogen-bond acceptors (Lipinski definition) is 2. The number of carbonyl (C=O) groups excluding carboxylic acids is 1. The molecule has 0 aliphatic carbocycles. The van der Waals surface area contributed by atoms with Crippen LogP contribution < -0.4 is 4.74 Å². The number of carbonyl (C=O) groups is 1. The van der Waals surface area contributed by atoms with Crippen molar-refractivity contribution in [3.05, 3.63) is 76.3 Å². The number of rotatable bonds is 3. The van der Waals surface area contributed by atoms with E-state index in [4.69, 9.17) is 27.9 Å². The summed E-state index contributed by atoms with van der Waals surface area (Å²) >= 11 is 12.0. The first-order valence-electron chi connectivity index (χ1n) is 6.76. The van der Waals surface area contributed by atoms with Crippen molar-refractivity contribution in [2.75, 3.05) is 0 Å². The average molecular weight is 331 g/mol. The van der Waals surface area contributed by atoms with Crippen LogP contribution in [0.2, 0.25) is 10.0 Å².